The van der Waals surface area contributed by atoms with Crippen molar-refractivity contribution in [3.05, 3.63) is 70.4 Å². The van der Waals surface area contributed by atoms with Crippen LogP contribution < -0.4 is 15.5 Å². The van der Waals surface area contributed by atoms with Crippen molar-refractivity contribution >= 4 is 42.3 Å². The third-order valence-corrected chi connectivity index (χ3v) is 8.76. The van der Waals surface area contributed by atoms with E-state index in [4.69, 9.17) is 0 Å². The molecule has 1 saturated heterocycles. The molecule has 2 aromatic carbocycles. The third kappa shape index (κ3) is 6.34. The van der Waals surface area contributed by atoms with Crippen molar-refractivity contribution in [2.75, 3.05) is 49.4 Å². The van der Waals surface area contributed by atoms with Crippen molar-refractivity contribution < 1.29 is 9.49 Å². The van der Waals surface area contributed by atoms with Gasteiger partial charge in [-0.3, -0.25) is 10.1 Å². The average molecular weight is 549 g/mol. The zero-order valence-corrected chi connectivity index (χ0v) is 23.5. The van der Waals surface area contributed by atoms with Crippen LogP contribution in [0.5, 0.6) is 0 Å². The lowest BCUT2D eigenvalue weighted by atomic mass is 9.60. The molecule has 1 aliphatic carbocycles. The number of nitro benzene ring substituents is 1. The van der Waals surface area contributed by atoms with E-state index in [2.05, 4.69) is 44.5 Å². The molecule has 2 fully saturated rings. The van der Waals surface area contributed by atoms with Crippen LogP contribution in [0.3, 0.4) is 0 Å². The molecule has 5 rings (SSSR count). The summed E-state index contributed by atoms with van der Waals surface area (Å²) in [6.45, 7) is 3.39. The van der Waals surface area contributed by atoms with Crippen LogP contribution in [0.15, 0.2) is 54.7 Å². The Hall–Kier alpha value is -3.62. The quantitative estimate of drug-likeness (QED) is 0.185. The molecular weight excluding hydrogens is 513 g/mol. The van der Waals surface area contributed by atoms with Gasteiger partial charge in [0.2, 0.25) is 5.95 Å². The van der Waals surface area contributed by atoms with Gasteiger partial charge in [-0.1, -0.05) is 16.7 Å². The Kier molecular flexibility index (Phi) is 7.77. The van der Waals surface area contributed by atoms with Crippen LogP contribution in [0.1, 0.15) is 31.2 Å². The van der Waals surface area contributed by atoms with Gasteiger partial charge >= 0.3 is 7.80 Å². The molecule has 0 amide bonds. The van der Waals surface area contributed by atoms with Crippen molar-refractivity contribution in [2.24, 2.45) is 5.41 Å². The van der Waals surface area contributed by atoms with Crippen LogP contribution in [0.4, 0.5) is 34.5 Å². The van der Waals surface area contributed by atoms with E-state index in [0.717, 1.165) is 37.2 Å². The Balaban J connectivity index is 1.24. The van der Waals surface area contributed by atoms with E-state index in [1.807, 2.05) is 36.4 Å². The van der Waals surface area contributed by atoms with Gasteiger partial charge in [-0.25, -0.2) is 4.98 Å². The minimum Gasteiger partial charge on any atom is -0.366 e. The highest BCUT2D eigenvalue weighted by Crippen LogP contribution is 2.51. The van der Waals surface area contributed by atoms with Gasteiger partial charge in [0.15, 0.2) is 6.16 Å². The molecule has 11 heteroatoms. The molecule has 3 aromatic rings. The molecule has 204 valence electrons. The lowest BCUT2D eigenvalue weighted by Crippen LogP contribution is -2.53. The summed E-state index contributed by atoms with van der Waals surface area (Å²) < 4.78 is 11.5. The molecule has 2 heterocycles. The number of benzene rings is 2. The average Bonchev–Trinajstić information content (AvgIpc) is 2.88. The standard InChI is InChI=1S/C28H35N7O3P/c1-33(2)23-17-28(18-23)11-14-34(15-12-28)24-9-8-22(16-25(24)35(36)37)31-27-29-13-10-26(32-27)30-21-6-4-20(5-7-21)19-39(3)38/h4-10,13,16,23H,11-12,14-15,17-19H2,1-3H3,(H2,29,30,31,32)/q+1. The number of rotatable bonds is 9. The number of nitro groups is 1. The molecule has 1 aliphatic heterocycles. The molecule has 1 atom stereocenters. The summed E-state index contributed by atoms with van der Waals surface area (Å²) in [6, 6.07) is 15.4. The molecule has 1 spiro atoms. The maximum absolute atomic E-state index is 12.0. The lowest BCUT2D eigenvalue weighted by molar-refractivity contribution is -0.384. The van der Waals surface area contributed by atoms with Crippen LogP contribution in [-0.4, -0.2) is 59.7 Å². The molecule has 1 aromatic heterocycles. The molecule has 0 radical (unpaired) electrons. The summed E-state index contributed by atoms with van der Waals surface area (Å²) >= 11 is 0. The number of hydrogen-bond acceptors (Lipinski definition) is 9. The van der Waals surface area contributed by atoms with E-state index in [9.17, 15) is 14.7 Å². The summed E-state index contributed by atoms with van der Waals surface area (Å²) in [6.07, 6.45) is 6.77. The van der Waals surface area contributed by atoms with Gasteiger partial charge in [0, 0.05) is 42.8 Å². The molecule has 2 aliphatic rings. The van der Waals surface area contributed by atoms with Gasteiger partial charge in [0.1, 0.15) is 18.2 Å². The normalized spacial score (nSPS) is 17.1. The zero-order chi connectivity index (χ0) is 27.6. The molecule has 1 saturated carbocycles. The van der Waals surface area contributed by atoms with Crippen molar-refractivity contribution in [3.63, 3.8) is 0 Å². The van der Waals surface area contributed by atoms with E-state index in [1.54, 1.807) is 25.0 Å². The fraction of sp³-hybridized carbons (Fsp3) is 0.429. The first kappa shape index (κ1) is 27.0. The summed E-state index contributed by atoms with van der Waals surface area (Å²) in [5.41, 5.74) is 3.56. The second-order valence-electron chi connectivity index (χ2n) is 11.0. The van der Waals surface area contributed by atoms with Crippen LogP contribution in [0.2, 0.25) is 0 Å². The Bertz CT molecular complexity index is 1350. The topological polar surface area (TPSA) is 117 Å². The zero-order valence-electron chi connectivity index (χ0n) is 22.6. The van der Waals surface area contributed by atoms with Crippen molar-refractivity contribution in [2.45, 2.75) is 37.9 Å². The number of aromatic nitrogens is 2. The smallest absolute Gasteiger partial charge is 0.340 e. The molecule has 2 N–H and O–H groups in total. The first-order chi connectivity index (χ1) is 18.7. The van der Waals surface area contributed by atoms with E-state index in [1.165, 1.54) is 12.8 Å². The lowest BCUT2D eigenvalue weighted by Gasteiger charge is -2.54. The molecule has 0 bridgehead atoms. The monoisotopic (exact) mass is 548 g/mol. The van der Waals surface area contributed by atoms with Gasteiger partial charge in [-0.15, -0.1) is 0 Å². The highest BCUT2D eigenvalue weighted by atomic mass is 31.1. The van der Waals surface area contributed by atoms with Crippen LogP contribution >= 0.6 is 7.80 Å². The molecule has 1 unspecified atom stereocenters. The van der Waals surface area contributed by atoms with Crippen LogP contribution in [0.25, 0.3) is 0 Å². The number of anilines is 5. The Morgan fingerprint density at radius 2 is 1.77 bits per heavy atom. The van der Waals surface area contributed by atoms with E-state index < -0.39 is 7.80 Å². The van der Waals surface area contributed by atoms with Crippen molar-refractivity contribution in [1.29, 1.82) is 0 Å². The number of piperidine rings is 1. The fourth-order valence-corrected chi connectivity index (χ4v) is 6.39. The highest BCUT2D eigenvalue weighted by Gasteiger charge is 2.46. The highest BCUT2D eigenvalue weighted by molar-refractivity contribution is 7.42. The van der Waals surface area contributed by atoms with E-state index in [0.29, 0.717) is 40.8 Å². The third-order valence-electron chi connectivity index (χ3n) is 7.95. The Morgan fingerprint density at radius 3 is 2.41 bits per heavy atom. The van der Waals surface area contributed by atoms with Gasteiger partial charge in [-0.2, -0.15) is 4.98 Å². The number of nitrogens with one attached hydrogen (secondary N) is 2. The minimum absolute atomic E-state index is 0.0823. The van der Waals surface area contributed by atoms with Crippen LogP contribution in [-0.2, 0) is 10.7 Å². The van der Waals surface area contributed by atoms with Gasteiger partial charge in [-0.05, 0) is 81.1 Å². The van der Waals surface area contributed by atoms with E-state index in [-0.39, 0.29) is 10.6 Å². The first-order valence-corrected chi connectivity index (χ1v) is 15.1. The minimum atomic E-state index is -1.23. The second kappa shape index (κ2) is 11.2. The fourth-order valence-electron chi connectivity index (χ4n) is 5.67. The maximum Gasteiger partial charge on any atom is 0.340 e. The number of hydrogen-bond donors (Lipinski definition) is 2. The Labute approximate surface area is 229 Å². The molecular formula is C28H35N7O3P+. The largest absolute Gasteiger partial charge is 0.366 e. The predicted octanol–water partition coefficient (Wildman–Crippen LogP) is 6.14. The van der Waals surface area contributed by atoms with E-state index >= 15 is 0 Å². The summed E-state index contributed by atoms with van der Waals surface area (Å²) in [4.78, 5) is 24.9. The predicted molar refractivity (Wildman–Crippen MR) is 156 cm³/mol. The van der Waals surface area contributed by atoms with Gasteiger partial charge in [0.05, 0.1) is 4.92 Å². The number of nitrogens with zero attached hydrogens (tertiary/aromatic N) is 5. The summed E-state index contributed by atoms with van der Waals surface area (Å²) in [7, 11) is 3.05. The van der Waals surface area contributed by atoms with Crippen LogP contribution in [0, 0.1) is 15.5 Å². The van der Waals surface area contributed by atoms with Crippen molar-refractivity contribution in [3.8, 4) is 0 Å². The second-order valence-corrected chi connectivity index (χ2v) is 12.5. The Morgan fingerprint density at radius 1 is 1.08 bits per heavy atom. The summed E-state index contributed by atoms with van der Waals surface area (Å²) in [5, 5.41) is 18.4. The van der Waals surface area contributed by atoms with Gasteiger partial charge in [0.25, 0.3) is 5.69 Å². The SMILES string of the molecule is CN(C)C1CC2(CCN(c3ccc(Nc4nccc(Nc5ccc(C[P+](C)=O)cc5)n4)cc3[N+](=O)[O-])CC2)C1. The van der Waals surface area contributed by atoms with Gasteiger partial charge < -0.3 is 20.4 Å². The van der Waals surface area contributed by atoms with Crippen molar-refractivity contribution in [1.82, 2.24) is 14.9 Å². The summed E-state index contributed by atoms with van der Waals surface area (Å²) in [5.74, 6) is 0.921. The maximum atomic E-state index is 12.0. The first-order valence-electron chi connectivity index (χ1n) is 13.2. The molecule has 39 heavy (non-hydrogen) atoms. The molecule has 10 nitrogen and oxygen atoms in total.